The van der Waals surface area contributed by atoms with Gasteiger partial charge in [0.25, 0.3) is 5.91 Å². The van der Waals surface area contributed by atoms with Crippen molar-refractivity contribution in [1.29, 1.82) is 0 Å². The molecule has 4 aliphatic carbocycles. The number of carboxylic acid groups (broad SMARTS) is 1. The third-order valence-electron chi connectivity index (χ3n) is 12.8. The summed E-state index contributed by atoms with van der Waals surface area (Å²) in [6.45, 7) is 3.11. The van der Waals surface area contributed by atoms with E-state index >= 15 is 0 Å². The molecule has 0 atom stereocenters. The molecule has 4 bridgehead atoms. The molecule has 4 saturated carbocycles. The van der Waals surface area contributed by atoms with Crippen molar-refractivity contribution in [2.45, 2.75) is 68.2 Å². The summed E-state index contributed by atoms with van der Waals surface area (Å²) >= 11 is 0. The summed E-state index contributed by atoms with van der Waals surface area (Å²) in [5.74, 6) is -1.80. The average molecular weight is 712 g/mol. The van der Waals surface area contributed by atoms with Crippen molar-refractivity contribution in [2.75, 3.05) is 51.0 Å². The molecule has 10 rings (SSSR count). The number of benzene rings is 1. The van der Waals surface area contributed by atoms with Crippen LogP contribution >= 0.6 is 0 Å². The second-order valence-corrected chi connectivity index (χ2v) is 15.7. The van der Waals surface area contributed by atoms with Crippen LogP contribution in [-0.2, 0) is 30.7 Å². The smallest absolute Gasteiger partial charge is 0.434 e. The van der Waals surface area contributed by atoms with Crippen molar-refractivity contribution < 1.29 is 46.9 Å². The highest BCUT2D eigenvalue weighted by atomic mass is 19.4. The summed E-state index contributed by atoms with van der Waals surface area (Å²) in [6.07, 6.45) is 0.578. The molecule has 12 nitrogen and oxygen atoms in total. The summed E-state index contributed by atoms with van der Waals surface area (Å²) in [4.78, 5) is 50.8. The van der Waals surface area contributed by atoms with E-state index in [0.29, 0.717) is 108 Å². The summed E-state index contributed by atoms with van der Waals surface area (Å²) in [5.41, 5.74) is -2.73. The average Bonchev–Trinajstić information content (AvgIpc) is 3.35. The van der Waals surface area contributed by atoms with Gasteiger partial charge in [-0.1, -0.05) is 0 Å². The maximum atomic E-state index is 14.7. The second kappa shape index (κ2) is 11.8. The number of fused-ring (bicyclic) bond motifs is 2. The number of carbonyl (C=O) groups excluding carboxylic acids is 2. The maximum Gasteiger partial charge on any atom is 0.434 e. The third-order valence-corrected chi connectivity index (χ3v) is 12.8. The molecule has 1 spiro atoms. The second-order valence-electron chi connectivity index (χ2n) is 15.7. The Morgan fingerprint density at radius 3 is 2.27 bits per heavy atom. The van der Waals surface area contributed by atoms with Crippen LogP contribution in [-0.4, -0.2) is 95.5 Å². The quantitative estimate of drug-likeness (QED) is 0.434. The Bertz CT molecular complexity index is 1740. The van der Waals surface area contributed by atoms with Gasteiger partial charge in [0.2, 0.25) is 11.9 Å². The maximum absolute atomic E-state index is 14.7. The number of halogens is 3. The highest BCUT2D eigenvalue weighted by Gasteiger charge is 2.62. The first-order valence-corrected chi connectivity index (χ1v) is 18.0. The Hall–Kier alpha value is -3.98. The third kappa shape index (κ3) is 5.28. The molecule has 0 radical (unpaired) electrons. The number of carboxylic acids is 1. The van der Waals surface area contributed by atoms with Gasteiger partial charge in [-0.25, -0.2) is 14.8 Å². The number of rotatable bonds is 7. The topological polar surface area (TPSA) is 143 Å². The minimum absolute atomic E-state index is 0.0721. The number of hydrogen-bond acceptors (Lipinski definition) is 9. The molecule has 15 heteroatoms. The fourth-order valence-electron chi connectivity index (χ4n) is 10.3. The van der Waals surface area contributed by atoms with E-state index in [-0.39, 0.29) is 35.7 Å². The molecule has 2 N–H and O–H groups in total. The fraction of sp³-hybridized carbons (Fsp3) is 0.639. The van der Waals surface area contributed by atoms with Crippen molar-refractivity contribution >= 4 is 29.4 Å². The molecule has 272 valence electrons. The van der Waals surface area contributed by atoms with E-state index in [1.165, 1.54) is 0 Å². The zero-order valence-electron chi connectivity index (χ0n) is 28.0. The van der Waals surface area contributed by atoms with Crippen LogP contribution in [0.4, 0.5) is 24.8 Å². The Kier molecular flexibility index (Phi) is 7.59. The van der Waals surface area contributed by atoms with Crippen LogP contribution < -0.4 is 15.0 Å². The monoisotopic (exact) mass is 711 g/mol. The lowest BCUT2D eigenvalue weighted by atomic mass is 9.48. The normalized spacial score (nSPS) is 30.9. The zero-order valence-corrected chi connectivity index (χ0v) is 28.0. The Balaban J connectivity index is 0.993. The van der Waals surface area contributed by atoms with E-state index in [4.69, 9.17) is 14.2 Å². The number of aromatic nitrogens is 2. The predicted molar refractivity (Wildman–Crippen MR) is 172 cm³/mol. The van der Waals surface area contributed by atoms with Gasteiger partial charge >= 0.3 is 12.1 Å². The van der Waals surface area contributed by atoms with E-state index < -0.39 is 40.3 Å². The number of carbonyl (C=O) groups is 3. The summed E-state index contributed by atoms with van der Waals surface area (Å²) in [6, 6.07) is 5.48. The molecule has 3 saturated heterocycles. The van der Waals surface area contributed by atoms with E-state index in [9.17, 15) is 32.7 Å². The standard InChI is InChI=1S/C36H40F3N5O7/c37-36(38,39)29-26(30(45)42-35(32(47)48)22-8-19-7-20(10-22)11-23(35)9-19)13-40-33(41-29)44-18-34(3-5-49-6-4-34)27-12-24(1-2-28(27)44)51-25-14-43(15-25)31(46)21-16-50-17-21/h1-2,12-13,19-23,25H,3-11,14-18H2,(H,42,45)(H,47,48). The van der Waals surface area contributed by atoms with Gasteiger partial charge in [-0.3, -0.25) is 9.59 Å². The number of aliphatic carboxylic acids is 1. The van der Waals surface area contributed by atoms with Gasteiger partial charge in [0.05, 0.1) is 37.8 Å². The van der Waals surface area contributed by atoms with E-state index in [1.54, 1.807) is 21.9 Å². The Morgan fingerprint density at radius 1 is 0.980 bits per heavy atom. The van der Waals surface area contributed by atoms with Crippen LogP contribution in [0.5, 0.6) is 5.75 Å². The molecule has 5 heterocycles. The van der Waals surface area contributed by atoms with E-state index in [0.717, 1.165) is 18.2 Å². The first kappa shape index (κ1) is 32.9. The largest absolute Gasteiger partial charge is 0.487 e. The van der Waals surface area contributed by atoms with Crippen molar-refractivity contribution in [3.8, 4) is 5.75 Å². The molecule has 2 amide bonds. The van der Waals surface area contributed by atoms with Gasteiger partial charge in [0, 0.05) is 37.1 Å². The molecule has 0 unspecified atom stereocenters. The number of nitrogens with one attached hydrogen (secondary N) is 1. The first-order chi connectivity index (χ1) is 24.4. The molecule has 51 heavy (non-hydrogen) atoms. The van der Waals surface area contributed by atoms with Crippen molar-refractivity contribution in [3.05, 3.63) is 41.2 Å². The number of anilines is 2. The summed E-state index contributed by atoms with van der Waals surface area (Å²) < 4.78 is 61.2. The van der Waals surface area contributed by atoms with Gasteiger partial charge in [0.1, 0.15) is 17.4 Å². The van der Waals surface area contributed by atoms with Crippen LogP contribution in [0.15, 0.2) is 24.4 Å². The molecule has 4 aliphatic heterocycles. The van der Waals surface area contributed by atoms with Crippen molar-refractivity contribution in [1.82, 2.24) is 20.2 Å². The van der Waals surface area contributed by atoms with Crippen molar-refractivity contribution in [2.24, 2.45) is 29.6 Å². The lowest BCUT2D eigenvalue weighted by Gasteiger charge is -2.59. The van der Waals surface area contributed by atoms with Crippen LogP contribution in [0.3, 0.4) is 0 Å². The zero-order chi connectivity index (χ0) is 35.3. The number of amides is 2. The van der Waals surface area contributed by atoms with Gasteiger partial charge in [-0.2, -0.15) is 13.2 Å². The van der Waals surface area contributed by atoms with Crippen LogP contribution in [0.2, 0.25) is 0 Å². The lowest BCUT2D eigenvalue weighted by Crippen LogP contribution is -2.70. The molecule has 1 aromatic heterocycles. The van der Waals surface area contributed by atoms with Gasteiger partial charge in [0.15, 0.2) is 5.69 Å². The molecular weight excluding hydrogens is 671 g/mol. The lowest BCUT2D eigenvalue weighted by molar-refractivity contribution is -0.163. The van der Waals surface area contributed by atoms with Crippen LogP contribution in [0, 0.1) is 29.6 Å². The van der Waals surface area contributed by atoms with Gasteiger partial charge < -0.3 is 34.4 Å². The summed E-state index contributed by atoms with van der Waals surface area (Å²) in [7, 11) is 0. The number of nitrogens with zero attached hydrogens (tertiary/aromatic N) is 4. The Morgan fingerprint density at radius 2 is 1.67 bits per heavy atom. The number of ether oxygens (including phenoxy) is 3. The molecular formula is C36H40F3N5O7. The summed E-state index contributed by atoms with van der Waals surface area (Å²) in [5, 5.41) is 13.1. The highest BCUT2D eigenvalue weighted by Crippen LogP contribution is 2.58. The van der Waals surface area contributed by atoms with Crippen molar-refractivity contribution in [3.63, 3.8) is 0 Å². The molecule has 8 aliphatic rings. The molecule has 2 aromatic rings. The van der Waals surface area contributed by atoms with Gasteiger partial charge in [-0.15, -0.1) is 0 Å². The predicted octanol–water partition coefficient (Wildman–Crippen LogP) is 3.94. The van der Waals surface area contributed by atoms with E-state index in [2.05, 4.69) is 15.3 Å². The Labute approximate surface area is 292 Å². The molecule has 1 aromatic carbocycles. The SMILES string of the molecule is O=C(NC1(C(=O)O)C2CC3CC(C2)CC1C3)c1cnc(N2CC3(CCOCC3)c3cc(OC4CN(C(=O)C5COC5)C4)ccc32)nc1C(F)(F)F. The van der Waals surface area contributed by atoms with E-state index in [1.807, 2.05) is 6.07 Å². The number of likely N-dealkylation sites (tertiary alicyclic amines) is 1. The van der Waals surface area contributed by atoms with Gasteiger partial charge in [-0.05, 0) is 92.4 Å². The minimum Gasteiger partial charge on any atom is -0.487 e. The minimum atomic E-state index is -5.01. The number of alkyl halides is 3. The fourth-order valence-corrected chi connectivity index (χ4v) is 10.3. The number of hydrogen-bond donors (Lipinski definition) is 2. The van der Waals surface area contributed by atoms with Crippen LogP contribution in [0.25, 0.3) is 0 Å². The first-order valence-electron chi connectivity index (χ1n) is 18.0. The highest BCUT2D eigenvalue weighted by molar-refractivity contribution is 5.99. The molecule has 7 fully saturated rings. The van der Waals surface area contributed by atoms with Crippen LogP contribution in [0.1, 0.15) is 66.6 Å².